The van der Waals surface area contributed by atoms with Crippen molar-refractivity contribution in [3.05, 3.63) is 0 Å². The molecule has 0 unspecified atom stereocenters. The van der Waals surface area contributed by atoms with Crippen LogP contribution in [0.2, 0.25) is 51.4 Å². The molecule has 2 rings (SSSR count). The van der Waals surface area contributed by atoms with E-state index in [-0.39, 0.29) is 36.6 Å². The highest BCUT2D eigenvalue weighted by Gasteiger charge is 2.42. The molecule has 0 aromatic heterocycles. The minimum Gasteiger partial charge on any atom is -0.370 e. The van der Waals surface area contributed by atoms with Crippen LogP contribution in [0.15, 0.2) is 0 Å². The van der Waals surface area contributed by atoms with Gasteiger partial charge in [-0.25, -0.2) is 0 Å². The monoisotopic (exact) mass is 868 g/mol. The summed E-state index contributed by atoms with van der Waals surface area (Å²) in [6, 6.07) is 2.35. The zero-order chi connectivity index (χ0) is 37.2. The lowest BCUT2D eigenvalue weighted by molar-refractivity contribution is -0.162. The Labute approximate surface area is 332 Å². The Morgan fingerprint density at radius 2 is 0.902 bits per heavy atom. The van der Waals surface area contributed by atoms with Gasteiger partial charge in [-0.3, -0.25) is 0 Å². The second kappa shape index (κ2) is 29.2. The molecule has 0 aliphatic carbocycles. The SMILES string of the molecule is CCCCCCCCCC[C@@H](OCOCC[Si](C)(C)C)[C@H]1CC[C@H]([C@H]2CC[C@H]([C@@H](CCCCCCCCCCI)OCOCC[Si](C)(C)C)O2)O1. The molecule has 51 heavy (non-hydrogen) atoms. The Hall–Kier alpha value is 0.924. The Balaban J connectivity index is 1.85. The van der Waals surface area contributed by atoms with Crippen LogP contribution in [0.4, 0.5) is 0 Å². The third-order valence-electron chi connectivity index (χ3n) is 10.9. The van der Waals surface area contributed by atoms with Crippen molar-refractivity contribution >= 4 is 38.7 Å². The number of unbranched alkanes of at least 4 members (excludes halogenated alkanes) is 14. The summed E-state index contributed by atoms with van der Waals surface area (Å²) < 4.78 is 39.8. The fourth-order valence-electron chi connectivity index (χ4n) is 7.35. The van der Waals surface area contributed by atoms with Gasteiger partial charge in [0.1, 0.15) is 13.6 Å². The average Bonchev–Trinajstić information content (AvgIpc) is 3.76. The number of hydrogen-bond acceptors (Lipinski definition) is 6. The summed E-state index contributed by atoms with van der Waals surface area (Å²) in [6.45, 7) is 19.1. The first-order valence-corrected chi connectivity index (χ1v) is 30.7. The van der Waals surface area contributed by atoms with Gasteiger partial charge in [-0.05, 0) is 61.5 Å². The Kier molecular flexibility index (Phi) is 27.5. The minimum absolute atomic E-state index is 0.106. The molecule has 0 radical (unpaired) electrons. The molecule has 0 aromatic rings. The van der Waals surface area contributed by atoms with E-state index in [4.69, 9.17) is 28.4 Å². The van der Waals surface area contributed by atoms with Crippen molar-refractivity contribution in [2.45, 2.75) is 236 Å². The van der Waals surface area contributed by atoms with E-state index in [1.165, 1.54) is 119 Å². The number of alkyl halides is 1. The lowest BCUT2D eigenvalue weighted by Crippen LogP contribution is -2.35. The van der Waals surface area contributed by atoms with Gasteiger partial charge in [0.2, 0.25) is 0 Å². The summed E-state index contributed by atoms with van der Waals surface area (Å²) in [5.41, 5.74) is 0. The Bertz CT molecular complexity index is 809. The van der Waals surface area contributed by atoms with E-state index < -0.39 is 16.1 Å². The fourth-order valence-corrected chi connectivity index (χ4v) is 9.40. The molecular weight excluding hydrogens is 784 g/mol. The summed E-state index contributed by atoms with van der Waals surface area (Å²) in [4.78, 5) is 0. The molecule has 2 fully saturated rings. The lowest BCUT2D eigenvalue weighted by Gasteiger charge is -2.28. The van der Waals surface area contributed by atoms with Gasteiger partial charge in [-0.1, -0.05) is 165 Å². The largest absolute Gasteiger partial charge is 0.370 e. The predicted octanol–water partition coefficient (Wildman–Crippen LogP) is 13.0. The van der Waals surface area contributed by atoms with Crippen LogP contribution in [0.3, 0.4) is 0 Å². The van der Waals surface area contributed by atoms with E-state index in [1.54, 1.807) is 0 Å². The van der Waals surface area contributed by atoms with Crippen LogP contribution in [0, 0.1) is 0 Å². The number of hydrogen-bond donors (Lipinski definition) is 0. The predicted molar refractivity (Wildman–Crippen MR) is 231 cm³/mol. The summed E-state index contributed by atoms with van der Waals surface area (Å²) in [6.07, 6.45) is 28.5. The molecule has 9 heteroatoms. The molecule has 0 bridgehead atoms. The highest BCUT2D eigenvalue weighted by atomic mass is 127. The highest BCUT2D eigenvalue weighted by Crippen LogP contribution is 2.36. The van der Waals surface area contributed by atoms with E-state index in [0.717, 1.165) is 51.7 Å². The van der Waals surface area contributed by atoms with Gasteiger partial charge in [0.05, 0.1) is 36.6 Å². The van der Waals surface area contributed by atoms with Gasteiger partial charge in [0.15, 0.2) is 0 Å². The van der Waals surface area contributed by atoms with Crippen LogP contribution in [0.25, 0.3) is 0 Å². The third-order valence-corrected chi connectivity index (χ3v) is 15.0. The van der Waals surface area contributed by atoms with Gasteiger partial charge in [-0.2, -0.15) is 0 Å². The summed E-state index contributed by atoms with van der Waals surface area (Å²) in [7, 11) is -2.23. The summed E-state index contributed by atoms with van der Waals surface area (Å²) in [5, 5.41) is 0. The van der Waals surface area contributed by atoms with Crippen LogP contribution < -0.4 is 0 Å². The summed E-state index contributed by atoms with van der Waals surface area (Å²) >= 11 is 2.49. The number of rotatable bonds is 34. The smallest absolute Gasteiger partial charge is 0.147 e. The van der Waals surface area contributed by atoms with Gasteiger partial charge in [-0.15, -0.1) is 0 Å². The van der Waals surface area contributed by atoms with Gasteiger partial charge < -0.3 is 28.4 Å². The first-order chi connectivity index (χ1) is 24.5. The topological polar surface area (TPSA) is 55.4 Å². The van der Waals surface area contributed by atoms with Crippen LogP contribution in [-0.2, 0) is 28.4 Å². The lowest BCUT2D eigenvalue weighted by atomic mass is 10.00. The maximum absolute atomic E-state index is 6.82. The molecule has 304 valence electrons. The molecule has 2 saturated heterocycles. The van der Waals surface area contributed by atoms with Crippen LogP contribution in [-0.4, -0.2) is 84.0 Å². The van der Waals surface area contributed by atoms with E-state index in [2.05, 4.69) is 68.8 Å². The second-order valence-electron chi connectivity index (χ2n) is 18.2. The van der Waals surface area contributed by atoms with Crippen molar-refractivity contribution in [2.24, 2.45) is 0 Å². The molecule has 2 aliphatic rings. The standard InChI is InChI=1S/C42H85IO6Si2/c1-8-9-10-11-12-15-18-21-24-37(46-35-44-31-33-50(2,3)4)39-26-28-41(48-39)42-29-27-40(49-42)38(47-36-45-32-34-51(5,6)7)25-22-19-16-13-14-17-20-23-30-43/h37-42H,8-36H2,1-7H3/t37-,38-,39-,40-,41-,42-/m1/s1. The molecule has 2 heterocycles. The normalized spacial score (nSPS) is 22.6. The van der Waals surface area contributed by atoms with E-state index >= 15 is 0 Å². The maximum Gasteiger partial charge on any atom is 0.147 e. The molecule has 0 saturated carbocycles. The molecule has 2 aliphatic heterocycles. The van der Waals surface area contributed by atoms with Crippen molar-refractivity contribution in [2.75, 3.05) is 31.2 Å². The highest BCUT2D eigenvalue weighted by molar-refractivity contribution is 14.1. The van der Waals surface area contributed by atoms with Crippen LogP contribution in [0.1, 0.15) is 148 Å². The van der Waals surface area contributed by atoms with Crippen molar-refractivity contribution in [3.63, 3.8) is 0 Å². The Morgan fingerprint density at radius 1 is 0.529 bits per heavy atom. The average molecular weight is 869 g/mol. The zero-order valence-corrected chi connectivity index (χ0v) is 39.0. The molecule has 0 spiro atoms. The van der Waals surface area contributed by atoms with Crippen molar-refractivity contribution in [3.8, 4) is 0 Å². The van der Waals surface area contributed by atoms with E-state index in [0.29, 0.717) is 13.6 Å². The van der Waals surface area contributed by atoms with Crippen molar-refractivity contribution in [1.29, 1.82) is 0 Å². The van der Waals surface area contributed by atoms with Crippen molar-refractivity contribution in [1.82, 2.24) is 0 Å². The molecule has 0 amide bonds. The number of halogens is 1. The van der Waals surface area contributed by atoms with Crippen LogP contribution >= 0.6 is 22.6 Å². The minimum atomic E-state index is -1.11. The van der Waals surface area contributed by atoms with Gasteiger partial charge >= 0.3 is 0 Å². The van der Waals surface area contributed by atoms with Crippen LogP contribution in [0.5, 0.6) is 0 Å². The van der Waals surface area contributed by atoms with Gasteiger partial charge in [0.25, 0.3) is 0 Å². The number of ether oxygens (including phenoxy) is 6. The molecule has 6 atom stereocenters. The zero-order valence-electron chi connectivity index (χ0n) is 34.8. The van der Waals surface area contributed by atoms with E-state index in [9.17, 15) is 0 Å². The van der Waals surface area contributed by atoms with E-state index in [1.807, 2.05) is 0 Å². The third kappa shape index (κ3) is 24.9. The molecule has 0 N–H and O–H groups in total. The molecular formula is C42H85IO6Si2. The quantitative estimate of drug-likeness (QED) is 0.0211. The Morgan fingerprint density at radius 3 is 1.27 bits per heavy atom. The van der Waals surface area contributed by atoms with Gasteiger partial charge in [0, 0.05) is 29.4 Å². The van der Waals surface area contributed by atoms with Crippen molar-refractivity contribution < 1.29 is 28.4 Å². The molecule has 6 nitrogen and oxygen atoms in total. The summed E-state index contributed by atoms with van der Waals surface area (Å²) in [5.74, 6) is 0. The first kappa shape index (κ1) is 48.1. The molecule has 0 aromatic carbocycles. The second-order valence-corrected chi connectivity index (χ2v) is 30.6. The fraction of sp³-hybridized carbons (Fsp3) is 1.00. The first-order valence-electron chi connectivity index (χ1n) is 21.8. The maximum atomic E-state index is 6.82.